The largest absolute Gasteiger partial charge is 0.491 e. The lowest BCUT2D eigenvalue weighted by Crippen LogP contribution is -2.31. The van der Waals surface area contributed by atoms with Crippen LogP contribution in [0.1, 0.15) is 28.5 Å². The number of amides is 1. The summed E-state index contributed by atoms with van der Waals surface area (Å²) in [6, 6.07) is 7.90. The lowest BCUT2D eigenvalue weighted by Gasteiger charge is -2.17. The van der Waals surface area contributed by atoms with Gasteiger partial charge in [-0.25, -0.2) is 9.50 Å². The standard InChI is InChI=1S/C19H21ClN4O2/c1-4-14-7-5-6-8-15(14)26-10-9-23(3)19(25)17-16(20)18-21-11-13(2)12-24(18)22-17/h5-8,11-12H,4,9-10H2,1-3H3. The number of ether oxygens (including phenoxy) is 1. The van der Waals surface area contributed by atoms with E-state index in [1.807, 2.05) is 31.2 Å². The Labute approximate surface area is 157 Å². The molecule has 136 valence electrons. The summed E-state index contributed by atoms with van der Waals surface area (Å²) in [5.41, 5.74) is 2.75. The first-order valence-electron chi connectivity index (χ1n) is 8.48. The number of para-hydroxylation sites is 1. The molecule has 3 aromatic rings. The summed E-state index contributed by atoms with van der Waals surface area (Å²) in [6.07, 6.45) is 4.38. The maximum Gasteiger partial charge on any atom is 0.275 e. The molecule has 6 nitrogen and oxygen atoms in total. The predicted molar refractivity (Wildman–Crippen MR) is 101 cm³/mol. The third-order valence-electron chi connectivity index (χ3n) is 4.13. The van der Waals surface area contributed by atoms with E-state index in [9.17, 15) is 4.79 Å². The summed E-state index contributed by atoms with van der Waals surface area (Å²) in [5.74, 6) is 0.590. The van der Waals surface area contributed by atoms with E-state index in [0.717, 1.165) is 23.3 Å². The number of fused-ring (bicyclic) bond motifs is 1. The third-order valence-corrected chi connectivity index (χ3v) is 4.48. The summed E-state index contributed by atoms with van der Waals surface area (Å²) in [7, 11) is 1.70. The van der Waals surface area contributed by atoms with Crippen molar-refractivity contribution in [1.29, 1.82) is 0 Å². The molecule has 0 atom stereocenters. The zero-order valence-corrected chi connectivity index (χ0v) is 15.8. The molecule has 1 aromatic carbocycles. The van der Waals surface area contributed by atoms with Gasteiger partial charge in [-0.1, -0.05) is 36.7 Å². The van der Waals surface area contributed by atoms with Crippen LogP contribution in [0.3, 0.4) is 0 Å². The molecule has 0 bridgehead atoms. The van der Waals surface area contributed by atoms with E-state index in [1.165, 1.54) is 4.52 Å². The molecule has 2 aromatic heterocycles. The van der Waals surface area contributed by atoms with Gasteiger partial charge in [-0.15, -0.1) is 0 Å². The Bertz CT molecular complexity index is 938. The number of aromatic nitrogens is 3. The first-order chi connectivity index (χ1) is 12.5. The number of rotatable bonds is 6. The van der Waals surface area contributed by atoms with Crippen molar-refractivity contribution in [2.24, 2.45) is 0 Å². The summed E-state index contributed by atoms with van der Waals surface area (Å²) < 4.78 is 7.36. The van der Waals surface area contributed by atoms with E-state index < -0.39 is 0 Å². The van der Waals surface area contributed by atoms with Crippen LogP contribution in [0.4, 0.5) is 0 Å². The predicted octanol–water partition coefficient (Wildman–Crippen LogP) is 3.40. The second kappa shape index (κ2) is 7.74. The Kier molecular flexibility index (Phi) is 5.42. The Morgan fingerprint density at radius 1 is 1.35 bits per heavy atom. The summed E-state index contributed by atoms with van der Waals surface area (Å²) in [6.45, 7) is 4.80. The molecular formula is C19H21ClN4O2. The number of carbonyl (C=O) groups is 1. The van der Waals surface area contributed by atoms with Crippen LogP contribution in [-0.2, 0) is 6.42 Å². The van der Waals surface area contributed by atoms with Crippen molar-refractivity contribution in [3.8, 4) is 5.75 Å². The van der Waals surface area contributed by atoms with Crippen LogP contribution in [0.2, 0.25) is 5.02 Å². The third kappa shape index (κ3) is 3.65. The number of hydrogen-bond acceptors (Lipinski definition) is 4. The van der Waals surface area contributed by atoms with Crippen LogP contribution in [0, 0.1) is 6.92 Å². The fourth-order valence-electron chi connectivity index (χ4n) is 2.65. The normalized spacial score (nSPS) is 10.9. The van der Waals surface area contributed by atoms with Gasteiger partial charge in [-0.05, 0) is 30.5 Å². The molecule has 0 saturated carbocycles. The minimum absolute atomic E-state index is 0.196. The number of carbonyl (C=O) groups excluding carboxylic acids is 1. The van der Waals surface area contributed by atoms with Crippen molar-refractivity contribution in [2.75, 3.05) is 20.2 Å². The number of nitrogens with zero attached hydrogens (tertiary/aromatic N) is 4. The van der Waals surface area contributed by atoms with Gasteiger partial charge in [0, 0.05) is 19.4 Å². The minimum atomic E-state index is -0.259. The molecule has 0 aliphatic heterocycles. The van der Waals surface area contributed by atoms with Gasteiger partial charge in [0.15, 0.2) is 11.3 Å². The van der Waals surface area contributed by atoms with Crippen molar-refractivity contribution in [3.63, 3.8) is 0 Å². The van der Waals surface area contributed by atoms with E-state index >= 15 is 0 Å². The van der Waals surface area contributed by atoms with Gasteiger partial charge in [-0.3, -0.25) is 4.79 Å². The lowest BCUT2D eigenvalue weighted by molar-refractivity contribution is 0.0767. The summed E-state index contributed by atoms with van der Waals surface area (Å²) >= 11 is 6.29. The Morgan fingerprint density at radius 3 is 2.88 bits per heavy atom. The molecule has 26 heavy (non-hydrogen) atoms. The van der Waals surface area contributed by atoms with Gasteiger partial charge < -0.3 is 9.64 Å². The van der Waals surface area contributed by atoms with Gasteiger partial charge in [0.1, 0.15) is 17.4 Å². The molecule has 0 saturated heterocycles. The summed E-state index contributed by atoms with van der Waals surface area (Å²) in [5, 5.41) is 4.54. The second-order valence-electron chi connectivity index (χ2n) is 6.10. The van der Waals surface area contributed by atoms with Crippen LogP contribution < -0.4 is 4.74 Å². The fraction of sp³-hybridized carbons (Fsp3) is 0.316. The Morgan fingerprint density at radius 2 is 2.12 bits per heavy atom. The number of likely N-dealkylation sites (N-methyl/N-ethyl adjacent to an activating group) is 1. The van der Waals surface area contributed by atoms with E-state index in [2.05, 4.69) is 17.0 Å². The highest BCUT2D eigenvalue weighted by Gasteiger charge is 2.22. The van der Waals surface area contributed by atoms with E-state index in [-0.39, 0.29) is 16.6 Å². The molecule has 0 N–H and O–H groups in total. The minimum Gasteiger partial charge on any atom is -0.491 e. The molecule has 1 amide bonds. The lowest BCUT2D eigenvalue weighted by atomic mass is 10.1. The van der Waals surface area contributed by atoms with Crippen LogP contribution >= 0.6 is 11.6 Å². The number of hydrogen-bond donors (Lipinski definition) is 0. The molecule has 0 radical (unpaired) electrons. The Hall–Kier alpha value is -2.60. The van der Waals surface area contributed by atoms with Gasteiger partial charge in [0.25, 0.3) is 5.91 Å². The zero-order chi connectivity index (χ0) is 18.7. The monoisotopic (exact) mass is 372 g/mol. The molecule has 3 rings (SSSR count). The van der Waals surface area contributed by atoms with E-state index in [1.54, 1.807) is 24.3 Å². The number of benzene rings is 1. The number of aryl methyl sites for hydroxylation is 2. The molecule has 2 heterocycles. The maximum absolute atomic E-state index is 12.7. The van der Waals surface area contributed by atoms with Crippen molar-refractivity contribution in [2.45, 2.75) is 20.3 Å². The van der Waals surface area contributed by atoms with Crippen LogP contribution in [0.15, 0.2) is 36.7 Å². The molecule has 0 spiro atoms. The van der Waals surface area contributed by atoms with Gasteiger partial charge in [0.05, 0.1) is 6.54 Å². The maximum atomic E-state index is 12.7. The van der Waals surface area contributed by atoms with Crippen molar-refractivity contribution in [1.82, 2.24) is 19.5 Å². The molecular weight excluding hydrogens is 352 g/mol. The summed E-state index contributed by atoms with van der Waals surface area (Å²) in [4.78, 5) is 18.5. The SMILES string of the molecule is CCc1ccccc1OCCN(C)C(=O)c1nn2cc(C)cnc2c1Cl. The van der Waals surface area contributed by atoms with Crippen LogP contribution in [0.25, 0.3) is 5.65 Å². The van der Waals surface area contributed by atoms with E-state index in [4.69, 9.17) is 16.3 Å². The van der Waals surface area contributed by atoms with Crippen LogP contribution in [-0.4, -0.2) is 45.6 Å². The molecule has 0 unspecified atom stereocenters. The topological polar surface area (TPSA) is 59.7 Å². The van der Waals surface area contributed by atoms with Crippen molar-refractivity contribution < 1.29 is 9.53 Å². The quantitative estimate of drug-likeness (QED) is 0.665. The molecule has 0 fully saturated rings. The first kappa shape index (κ1) is 18.2. The van der Waals surface area contributed by atoms with Crippen molar-refractivity contribution >= 4 is 23.2 Å². The van der Waals surface area contributed by atoms with Gasteiger partial charge in [0.2, 0.25) is 0 Å². The average Bonchev–Trinajstić information content (AvgIpc) is 2.97. The highest BCUT2D eigenvalue weighted by Crippen LogP contribution is 2.22. The van der Waals surface area contributed by atoms with Gasteiger partial charge >= 0.3 is 0 Å². The first-order valence-corrected chi connectivity index (χ1v) is 8.85. The van der Waals surface area contributed by atoms with Crippen molar-refractivity contribution in [3.05, 3.63) is 58.5 Å². The zero-order valence-electron chi connectivity index (χ0n) is 15.1. The van der Waals surface area contributed by atoms with E-state index in [0.29, 0.717) is 18.8 Å². The highest BCUT2D eigenvalue weighted by atomic mass is 35.5. The van der Waals surface area contributed by atoms with Crippen LogP contribution in [0.5, 0.6) is 5.75 Å². The number of halogens is 1. The molecule has 0 aliphatic rings. The van der Waals surface area contributed by atoms with Gasteiger partial charge in [-0.2, -0.15) is 5.10 Å². The molecule has 0 aliphatic carbocycles. The average molecular weight is 373 g/mol. The fourth-order valence-corrected chi connectivity index (χ4v) is 2.90. The Balaban J connectivity index is 1.67. The smallest absolute Gasteiger partial charge is 0.275 e. The molecule has 7 heteroatoms. The second-order valence-corrected chi connectivity index (χ2v) is 6.48. The highest BCUT2D eigenvalue weighted by molar-refractivity contribution is 6.36.